The molecule has 1 aliphatic heterocycles. The van der Waals surface area contributed by atoms with E-state index < -0.39 is 11.4 Å². The van der Waals surface area contributed by atoms with Crippen molar-refractivity contribution in [2.45, 2.75) is 25.4 Å². The Morgan fingerprint density at radius 2 is 1.44 bits per heavy atom. The van der Waals surface area contributed by atoms with Crippen LogP contribution in [0.5, 0.6) is 0 Å². The Morgan fingerprint density at radius 1 is 0.875 bits per heavy atom. The average molecular weight is 444 g/mol. The van der Waals surface area contributed by atoms with Gasteiger partial charge in [0.15, 0.2) is 5.50 Å². The fourth-order valence-corrected chi connectivity index (χ4v) is 4.85. The summed E-state index contributed by atoms with van der Waals surface area (Å²) in [4.78, 5) is 27.3. The standard InChI is InChI=1S/C26H25N3O2S/c1-18-23(24(27)30)32-26(29(18)17-21-10-6-3-7-11-21)28-25(31)22-14-12-20(13-15-22)16-19-8-4-2-5-9-19/h2-15,26H,16-17H2,1H3,(H2,27,30)(H,28,31). The van der Waals surface area contributed by atoms with E-state index in [0.29, 0.717) is 17.0 Å². The Kier molecular flexibility index (Phi) is 6.61. The molecule has 1 unspecified atom stereocenters. The summed E-state index contributed by atoms with van der Waals surface area (Å²) < 4.78 is 0. The highest BCUT2D eigenvalue weighted by atomic mass is 32.2. The maximum absolute atomic E-state index is 13.0. The molecule has 2 amide bonds. The molecule has 0 saturated carbocycles. The van der Waals surface area contributed by atoms with Gasteiger partial charge in [-0.25, -0.2) is 0 Å². The van der Waals surface area contributed by atoms with Gasteiger partial charge >= 0.3 is 0 Å². The van der Waals surface area contributed by atoms with Crippen molar-refractivity contribution in [2.75, 3.05) is 0 Å². The van der Waals surface area contributed by atoms with Crippen molar-refractivity contribution >= 4 is 23.6 Å². The second kappa shape index (κ2) is 9.75. The lowest BCUT2D eigenvalue weighted by atomic mass is 10.0. The van der Waals surface area contributed by atoms with Crippen molar-refractivity contribution < 1.29 is 9.59 Å². The largest absolute Gasteiger partial charge is 0.365 e. The van der Waals surface area contributed by atoms with Gasteiger partial charge in [0, 0.05) is 17.8 Å². The van der Waals surface area contributed by atoms with Crippen LogP contribution in [0.15, 0.2) is 95.5 Å². The predicted octanol–water partition coefficient (Wildman–Crippen LogP) is 4.26. The monoisotopic (exact) mass is 443 g/mol. The number of hydrogen-bond donors (Lipinski definition) is 2. The molecule has 0 radical (unpaired) electrons. The molecule has 3 aromatic carbocycles. The molecule has 0 saturated heterocycles. The fraction of sp³-hybridized carbons (Fsp3) is 0.154. The Morgan fingerprint density at radius 3 is 2.03 bits per heavy atom. The van der Waals surface area contributed by atoms with Crippen LogP contribution in [0.3, 0.4) is 0 Å². The molecule has 0 aliphatic carbocycles. The zero-order chi connectivity index (χ0) is 22.5. The van der Waals surface area contributed by atoms with Crippen LogP contribution < -0.4 is 11.1 Å². The molecule has 162 valence electrons. The van der Waals surface area contributed by atoms with Gasteiger partial charge < -0.3 is 16.0 Å². The van der Waals surface area contributed by atoms with Crippen LogP contribution in [-0.2, 0) is 17.8 Å². The lowest BCUT2D eigenvalue weighted by Gasteiger charge is -2.28. The summed E-state index contributed by atoms with van der Waals surface area (Å²) in [6.45, 7) is 2.43. The van der Waals surface area contributed by atoms with Gasteiger partial charge in [-0.3, -0.25) is 9.59 Å². The minimum absolute atomic E-state index is 0.189. The lowest BCUT2D eigenvalue weighted by molar-refractivity contribution is -0.114. The van der Waals surface area contributed by atoms with Gasteiger partial charge in [0.2, 0.25) is 0 Å². The fourth-order valence-electron chi connectivity index (χ4n) is 3.69. The third kappa shape index (κ3) is 5.03. The Hall–Kier alpha value is -3.51. The molecule has 0 spiro atoms. The number of rotatable bonds is 7. The minimum atomic E-state index is -0.479. The maximum atomic E-state index is 13.0. The second-order valence-electron chi connectivity index (χ2n) is 7.70. The molecule has 32 heavy (non-hydrogen) atoms. The minimum Gasteiger partial charge on any atom is -0.365 e. The van der Waals surface area contributed by atoms with E-state index in [9.17, 15) is 9.59 Å². The summed E-state index contributed by atoms with van der Waals surface area (Å²) >= 11 is 1.28. The molecule has 1 atom stereocenters. The summed E-state index contributed by atoms with van der Waals surface area (Å²) in [6.07, 6.45) is 0.817. The van der Waals surface area contributed by atoms with Crippen molar-refractivity contribution in [2.24, 2.45) is 5.73 Å². The first kappa shape index (κ1) is 21.7. The highest BCUT2D eigenvalue weighted by molar-refractivity contribution is 8.04. The number of nitrogens with one attached hydrogen (secondary N) is 1. The van der Waals surface area contributed by atoms with Crippen molar-refractivity contribution in [3.63, 3.8) is 0 Å². The van der Waals surface area contributed by atoms with E-state index in [1.807, 2.05) is 84.6 Å². The Labute approximate surface area is 192 Å². The van der Waals surface area contributed by atoms with Crippen LogP contribution in [0, 0.1) is 0 Å². The molecule has 0 aromatic heterocycles. The van der Waals surface area contributed by atoms with E-state index >= 15 is 0 Å². The second-order valence-corrected chi connectivity index (χ2v) is 8.79. The third-order valence-electron chi connectivity index (χ3n) is 5.41. The van der Waals surface area contributed by atoms with Crippen LogP contribution in [0.4, 0.5) is 0 Å². The van der Waals surface area contributed by atoms with Crippen molar-refractivity contribution in [1.29, 1.82) is 0 Å². The van der Waals surface area contributed by atoms with Gasteiger partial charge in [0.05, 0.1) is 4.91 Å². The van der Waals surface area contributed by atoms with Crippen molar-refractivity contribution in [1.82, 2.24) is 10.2 Å². The summed E-state index contributed by atoms with van der Waals surface area (Å²) in [5.74, 6) is -0.669. The van der Waals surface area contributed by atoms with Gasteiger partial charge in [-0.15, -0.1) is 0 Å². The first-order chi connectivity index (χ1) is 15.5. The molecular weight excluding hydrogens is 418 g/mol. The summed E-state index contributed by atoms with van der Waals surface area (Å²) in [5, 5.41) is 3.05. The Bertz CT molecular complexity index is 1130. The molecule has 4 rings (SSSR count). The smallest absolute Gasteiger partial charge is 0.257 e. The molecule has 0 fully saturated rings. The average Bonchev–Trinajstić information content (AvgIpc) is 3.11. The van der Waals surface area contributed by atoms with Gasteiger partial charge in [-0.05, 0) is 42.2 Å². The number of nitrogens with zero attached hydrogens (tertiary/aromatic N) is 1. The number of thioether (sulfide) groups is 1. The third-order valence-corrected chi connectivity index (χ3v) is 6.74. The zero-order valence-corrected chi connectivity index (χ0v) is 18.6. The molecular formula is C26H25N3O2S. The highest BCUT2D eigenvalue weighted by Crippen LogP contribution is 2.37. The molecule has 1 aliphatic rings. The van der Waals surface area contributed by atoms with Gasteiger partial charge in [0.1, 0.15) is 0 Å². The summed E-state index contributed by atoms with van der Waals surface area (Å²) in [7, 11) is 0. The van der Waals surface area contributed by atoms with Crippen LogP contribution in [0.2, 0.25) is 0 Å². The van der Waals surface area contributed by atoms with Crippen LogP contribution in [0.25, 0.3) is 0 Å². The summed E-state index contributed by atoms with van der Waals surface area (Å²) in [5.41, 5.74) is 9.96. The van der Waals surface area contributed by atoms with Gasteiger partial charge in [-0.1, -0.05) is 84.6 Å². The maximum Gasteiger partial charge on any atom is 0.257 e. The van der Waals surface area contributed by atoms with E-state index in [0.717, 1.165) is 23.2 Å². The highest BCUT2D eigenvalue weighted by Gasteiger charge is 2.34. The lowest BCUT2D eigenvalue weighted by Crippen LogP contribution is -2.42. The van der Waals surface area contributed by atoms with E-state index in [-0.39, 0.29) is 5.91 Å². The molecule has 1 heterocycles. The van der Waals surface area contributed by atoms with Crippen molar-refractivity contribution in [3.8, 4) is 0 Å². The first-order valence-electron chi connectivity index (χ1n) is 10.4. The number of benzene rings is 3. The van der Waals surface area contributed by atoms with Gasteiger partial charge in [0.25, 0.3) is 11.8 Å². The van der Waals surface area contributed by atoms with E-state index in [2.05, 4.69) is 17.4 Å². The van der Waals surface area contributed by atoms with Crippen LogP contribution in [0.1, 0.15) is 34.0 Å². The quantitative estimate of drug-likeness (QED) is 0.572. The number of nitrogens with two attached hydrogens (primary N) is 1. The first-order valence-corrected chi connectivity index (χ1v) is 11.3. The normalized spacial score (nSPS) is 15.7. The topological polar surface area (TPSA) is 75.4 Å². The molecule has 5 nitrogen and oxygen atoms in total. The Balaban J connectivity index is 1.46. The predicted molar refractivity (Wildman–Crippen MR) is 128 cm³/mol. The number of allylic oxidation sites excluding steroid dienone is 1. The number of carbonyl (C=O) groups is 2. The van der Waals surface area contributed by atoms with E-state index in [4.69, 9.17) is 5.73 Å². The number of carbonyl (C=O) groups excluding carboxylic acids is 2. The van der Waals surface area contributed by atoms with Crippen molar-refractivity contribution in [3.05, 3.63) is 118 Å². The number of primary amides is 1. The number of hydrogen-bond acceptors (Lipinski definition) is 4. The zero-order valence-electron chi connectivity index (χ0n) is 17.8. The van der Waals surface area contributed by atoms with Crippen LogP contribution in [-0.4, -0.2) is 22.2 Å². The molecule has 6 heteroatoms. The molecule has 3 aromatic rings. The molecule has 0 bridgehead atoms. The van der Waals surface area contributed by atoms with E-state index in [1.165, 1.54) is 17.3 Å². The SMILES string of the molecule is CC1=C(C(N)=O)SC(NC(=O)c2ccc(Cc3ccccc3)cc2)N1Cc1ccccc1. The number of amides is 2. The van der Waals surface area contributed by atoms with E-state index in [1.54, 1.807) is 0 Å². The summed E-state index contributed by atoms with van der Waals surface area (Å²) in [6, 6.07) is 27.8. The molecule has 3 N–H and O–H groups in total. The van der Waals surface area contributed by atoms with Crippen LogP contribution >= 0.6 is 11.8 Å². The van der Waals surface area contributed by atoms with Gasteiger partial charge in [-0.2, -0.15) is 0 Å².